The highest BCUT2D eigenvalue weighted by Gasteiger charge is 2.32. The Bertz CT molecular complexity index is 615. The van der Waals surface area contributed by atoms with Crippen molar-refractivity contribution in [2.75, 3.05) is 18.8 Å². The maximum Gasteiger partial charge on any atom is 0.315 e. The molecule has 0 amide bonds. The molecule has 0 spiro atoms. The number of hydrogen-bond acceptors (Lipinski definition) is 4. The molecular weight excluding hydrogens is 326 g/mol. The van der Waals surface area contributed by atoms with Gasteiger partial charge in [-0.05, 0) is 43.5 Å². The first kappa shape index (κ1) is 17.2. The Kier molecular flexibility index (Phi) is 5.83. The second-order valence-corrected chi connectivity index (χ2v) is 7.91. The quantitative estimate of drug-likeness (QED) is 0.608. The third-order valence-corrected chi connectivity index (χ3v) is 5.90. The Morgan fingerprint density at radius 2 is 2.05 bits per heavy atom. The van der Waals surface area contributed by atoms with Crippen LogP contribution in [0.15, 0.2) is 24.3 Å². The van der Waals surface area contributed by atoms with E-state index in [2.05, 4.69) is 0 Å². The third-order valence-electron chi connectivity index (χ3n) is 3.61. The zero-order valence-electron chi connectivity index (χ0n) is 12.5. The predicted molar refractivity (Wildman–Crippen MR) is 85.5 cm³/mol. The Balaban J connectivity index is 1.99. The summed E-state index contributed by atoms with van der Waals surface area (Å²) in [6.07, 6.45) is 1.88. The average Bonchev–Trinajstić information content (AvgIpc) is 2.50. The summed E-state index contributed by atoms with van der Waals surface area (Å²) in [5.41, 5.74) is 0. The van der Waals surface area contributed by atoms with Gasteiger partial charge >= 0.3 is 5.97 Å². The van der Waals surface area contributed by atoms with Crippen molar-refractivity contribution in [2.24, 2.45) is 5.92 Å². The van der Waals surface area contributed by atoms with E-state index in [4.69, 9.17) is 16.3 Å². The zero-order chi connectivity index (χ0) is 16.2. The molecule has 5 nitrogen and oxygen atoms in total. The van der Waals surface area contributed by atoms with Crippen LogP contribution in [0.4, 0.5) is 0 Å². The molecule has 1 aromatic carbocycles. The van der Waals surface area contributed by atoms with Gasteiger partial charge in [-0.15, -0.1) is 0 Å². The Morgan fingerprint density at radius 3 is 2.68 bits per heavy atom. The van der Waals surface area contributed by atoms with Gasteiger partial charge in [-0.1, -0.05) is 18.5 Å². The molecule has 2 rings (SSSR count). The summed E-state index contributed by atoms with van der Waals surface area (Å²) >= 11 is 5.78. The number of piperidine rings is 1. The van der Waals surface area contributed by atoms with E-state index in [0.717, 1.165) is 0 Å². The van der Waals surface area contributed by atoms with Crippen molar-refractivity contribution < 1.29 is 17.9 Å². The first-order valence-electron chi connectivity index (χ1n) is 7.37. The summed E-state index contributed by atoms with van der Waals surface area (Å²) < 4.78 is 30.9. The van der Waals surface area contributed by atoms with Crippen LogP contribution < -0.4 is 4.74 Å². The molecule has 22 heavy (non-hydrogen) atoms. The summed E-state index contributed by atoms with van der Waals surface area (Å²) in [5.74, 6) is -0.274. The lowest BCUT2D eigenvalue weighted by Gasteiger charge is -2.30. The molecule has 122 valence electrons. The van der Waals surface area contributed by atoms with Crippen LogP contribution in [0.1, 0.15) is 26.2 Å². The highest BCUT2D eigenvalue weighted by Crippen LogP contribution is 2.23. The number of nitrogens with zero attached hydrogens (tertiary/aromatic N) is 1. The standard InChI is InChI=1S/C15H20ClNO4S/c1-2-10-22(19,20)17-9-3-4-12(11-17)15(18)21-14-7-5-13(16)6-8-14/h5-8,12H,2-4,9-11H2,1H3/t12-/m1/s1. The van der Waals surface area contributed by atoms with Gasteiger partial charge in [0.25, 0.3) is 0 Å². The molecule has 0 N–H and O–H groups in total. The summed E-state index contributed by atoms with van der Waals surface area (Å²) in [6, 6.07) is 6.52. The fourth-order valence-electron chi connectivity index (χ4n) is 2.48. The van der Waals surface area contributed by atoms with Gasteiger partial charge in [0.1, 0.15) is 5.75 Å². The normalized spacial score (nSPS) is 19.8. The fraction of sp³-hybridized carbons (Fsp3) is 0.533. The highest BCUT2D eigenvalue weighted by atomic mass is 35.5. The van der Waals surface area contributed by atoms with Crippen LogP contribution in [0, 0.1) is 5.92 Å². The van der Waals surface area contributed by atoms with Gasteiger partial charge in [0.2, 0.25) is 10.0 Å². The van der Waals surface area contributed by atoms with Crippen LogP contribution in [0.25, 0.3) is 0 Å². The van der Waals surface area contributed by atoms with E-state index in [1.807, 2.05) is 6.92 Å². The SMILES string of the molecule is CCCS(=O)(=O)N1CCC[C@@H](C(=O)Oc2ccc(Cl)cc2)C1. The Hall–Kier alpha value is -1.11. The molecule has 0 saturated carbocycles. The van der Waals surface area contributed by atoms with Crippen molar-refractivity contribution >= 4 is 27.6 Å². The number of benzene rings is 1. The van der Waals surface area contributed by atoms with Crippen LogP contribution in [0.2, 0.25) is 5.02 Å². The van der Waals surface area contributed by atoms with Crippen molar-refractivity contribution in [3.8, 4) is 5.75 Å². The molecule has 1 aromatic rings. The second kappa shape index (κ2) is 7.44. The minimum atomic E-state index is -3.27. The fourth-order valence-corrected chi connectivity index (χ4v) is 4.19. The molecule has 1 aliphatic rings. The minimum Gasteiger partial charge on any atom is -0.426 e. The van der Waals surface area contributed by atoms with Gasteiger partial charge in [-0.3, -0.25) is 4.79 Å². The maximum absolute atomic E-state index is 12.2. The largest absolute Gasteiger partial charge is 0.426 e. The number of carbonyl (C=O) groups excluding carboxylic acids is 1. The van der Waals surface area contributed by atoms with E-state index in [-0.39, 0.29) is 12.3 Å². The third kappa shape index (κ3) is 4.44. The molecule has 1 atom stereocenters. The van der Waals surface area contributed by atoms with Gasteiger partial charge in [0, 0.05) is 18.1 Å². The summed E-state index contributed by atoms with van der Waals surface area (Å²) in [6.45, 7) is 2.51. The van der Waals surface area contributed by atoms with Crippen molar-refractivity contribution in [3.63, 3.8) is 0 Å². The lowest BCUT2D eigenvalue weighted by Crippen LogP contribution is -2.44. The molecule has 7 heteroatoms. The summed E-state index contributed by atoms with van der Waals surface area (Å²) in [4.78, 5) is 12.2. The number of esters is 1. The van der Waals surface area contributed by atoms with Gasteiger partial charge in [-0.2, -0.15) is 0 Å². The topological polar surface area (TPSA) is 63.7 Å². The summed E-state index contributed by atoms with van der Waals surface area (Å²) in [7, 11) is -3.27. The van der Waals surface area contributed by atoms with E-state index in [0.29, 0.717) is 36.6 Å². The lowest BCUT2D eigenvalue weighted by atomic mass is 10.00. The second-order valence-electron chi connectivity index (χ2n) is 5.39. The molecular formula is C15H20ClNO4S. The first-order valence-corrected chi connectivity index (χ1v) is 9.36. The van der Waals surface area contributed by atoms with E-state index < -0.39 is 21.9 Å². The molecule has 1 aliphatic heterocycles. The predicted octanol–water partition coefficient (Wildman–Crippen LogP) is 2.70. The smallest absolute Gasteiger partial charge is 0.315 e. The molecule has 1 fully saturated rings. The van der Waals surface area contributed by atoms with Crippen LogP contribution in [-0.2, 0) is 14.8 Å². The van der Waals surface area contributed by atoms with Gasteiger partial charge in [0.15, 0.2) is 0 Å². The van der Waals surface area contributed by atoms with Gasteiger partial charge in [0.05, 0.1) is 11.7 Å². The molecule has 1 heterocycles. The van der Waals surface area contributed by atoms with Crippen LogP contribution in [0.3, 0.4) is 0 Å². The molecule has 0 aliphatic carbocycles. The molecule has 0 unspecified atom stereocenters. The Morgan fingerprint density at radius 1 is 1.36 bits per heavy atom. The minimum absolute atomic E-state index is 0.117. The first-order chi connectivity index (χ1) is 10.4. The molecule has 0 bridgehead atoms. The van der Waals surface area contributed by atoms with Gasteiger partial charge in [-0.25, -0.2) is 12.7 Å². The van der Waals surface area contributed by atoms with E-state index in [1.54, 1.807) is 24.3 Å². The van der Waals surface area contributed by atoms with E-state index in [9.17, 15) is 13.2 Å². The molecule has 1 saturated heterocycles. The van der Waals surface area contributed by atoms with Crippen LogP contribution >= 0.6 is 11.6 Å². The van der Waals surface area contributed by atoms with Crippen molar-refractivity contribution in [2.45, 2.75) is 26.2 Å². The monoisotopic (exact) mass is 345 g/mol. The zero-order valence-corrected chi connectivity index (χ0v) is 14.1. The van der Waals surface area contributed by atoms with Crippen molar-refractivity contribution in [3.05, 3.63) is 29.3 Å². The molecule has 0 aromatic heterocycles. The van der Waals surface area contributed by atoms with E-state index in [1.165, 1.54) is 4.31 Å². The lowest BCUT2D eigenvalue weighted by molar-refractivity contribution is -0.140. The van der Waals surface area contributed by atoms with Crippen molar-refractivity contribution in [1.29, 1.82) is 0 Å². The van der Waals surface area contributed by atoms with Crippen molar-refractivity contribution in [1.82, 2.24) is 4.31 Å². The van der Waals surface area contributed by atoms with Gasteiger partial charge < -0.3 is 4.74 Å². The maximum atomic E-state index is 12.2. The molecule has 0 radical (unpaired) electrons. The number of hydrogen-bond donors (Lipinski definition) is 0. The average molecular weight is 346 g/mol. The number of carbonyl (C=O) groups is 1. The van der Waals surface area contributed by atoms with Crippen LogP contribution in [-0.4, -0.2) is 37.5 Å². The van der Waals surface area contributed by atoms with Crippen LogP contribution in [0.5, 0.6) is 5.75 Å². The number of ether oxygens (including phenoxy) is 1. The number of sulfonamides is 1. The number of rotatable bonds is 5. The van der Waals surface area contributed by atoms with E-state index >= 15 is 0 Å². The number of halogens is 1. The Labute approximate surface area is 136 Å². The summed E-state index contributed by atoms with van der Waals surface area (Å²) in [5, 5.41) is 0.564. The highest BCUT2D eigenvalue weighted by molar-refractivity contribution is 7.89.